The minimum Gasteiger partial charge on any atom is -0.166 e. The highest BCUT2D eigenvalue weighted by Crippen LogP contribution is 2.38. The minimum atomic E-state index is -4.41. The smallest absolute Gasteiger partial charge is 0.166 e. The van der Waals surface area contributed by atoms with E-state index in [0.29, 0.717) is 0 Å². The van der Waals surface area contributed by atoms with Crippen molar-refractivity contribution in [2.75, 3.05) is 0 Å². The number of benzene rings is 1. The van der Waals surface area contributed by atoms with Crippen molar-refractivity contribution in [3.8, 4) is 0 Å². The maximum Gasteiger partial charge on any atom is 0.416 e. The molecule has 0 unspecified atom stereocenters. The van der Waals surface area contributed by atoms with Crippen molar-refractivity contribution < 1.29 is 13.2 Å². The first-order valence-electron chi connectivity index (χ1n) is 3.48. The highest BCUT2D eigenvalue weighted by Gasteiger charge is 2.34. The van der Waals surface area contributed by atoms with E-state index >= 15 is 0 Å². The van der Waals surface area contributed by atoms with E-state index in [9.17, 15) is 13.2 Å². The van der Waals surface area contributed by atoms with Gasteiger partial charge in [-0.15, -0.1) is 0 Å². The van der Waals surface area contributed by atoms with Crippen LogP contribution in [0.1, 0.15) is 11.1 Å². The van der Waals surface area contributed by atoms with Gasteiger partial charge in [0.15, 0.2) is 0 Å². The van der Waals surface area contributed by atoms with Gasteiger partial charge in [-0.05, 0) is 17.7 Å². The van der Waals surface area contributed by atoms with Gasteiger partial charge in [0.2, 0.25) is 0 Å². The van der Waals surface area contributed by atoms with E-state index in [2.05, 4.69) is 15.9 Å². The van der Waals surface area contributed by atoms with Crippen molar-refractivity contribution in [3.63, 3.8) is 0 Å². The Bertz CT molecular complexity index is 349. The summed E-state index contributed by atoms with van der Waals surface area (Å²) in [5.74, 6) is 0. The van der Waals surface area contributed by atoms with E-state index < -0.39 is 11.7 Å². The van der Waals surface area contributed by atoms with Crippen LogP contribution in [0.3, 0.4) is 0 Å². The third-order valence-corrected chi connectivity index (χ3v) is 3.04. The van der Waals surface area contributed by atoms with E-state index in [0.717, 1.165) is 12.1 Å². The monoisotopic (exact) mass is 306 g/mol. The van der Waals surface area contributed by atoms with Gasteiger partial charge >= 0.3 is 6.18 Å². The average molecular weight is 308 g/mol. The van der Waals surface area contributed by atoms with Crippen LogP contribution < -0.4 is 0 Å². The summed E-state index contributed by atoms with van der Waals surface area (Å²) in [4.78, 5) is 0. The predicted molar refractivity (Wildman–Crippen MR) is 54.1 cm³/mol. The molecule has 0 amide bonds. The van der Waals surface area contributed by atoms with Gasteiger partial charge in [-0.3, -0.25) is 0 Å². The molecule has 0 fully saturated rings. The van der Waals surface area contributed by atoms with Gasteiger partial charge in [0.25, 0.3) is 0 Å². The maximum atomic E-state index is 12.4. The zero-order chi connectivity index (χ0) is 10.9. The Morgan fingerprint density at radius 2 is 1.79 bits per heavy atom. The van der Waals surface area contributed by atoms with Crippen LogP contribution in [-0.4, -0.2) is 0 Å². The highest BCUT2D eigenvalue weighted by atomic mass is 79.9. The van der Waals surface area contributed by atoms with Crippen LogP contribution in [0, 0.1) is 0 Å². The van der Waals surface area contributed by atoms with E-state index in [4.69, 9.17) is 23.2 Å². The second-order valence-corrected chi connectivity index (χ2v) is 3.86. The molecule has 6 heteroatoms. The van der Waals surface area contributed by atoms with E-state index in [1.807, 2.05) is 0 Å². The summed E-state index contributed by atoms with van der Waals surface area (Å²) in [6, 6.07) is 2.06. The molecule has 1 rings (SSSR count). The number of rotatable bonds is 1. The fourth-order valence-electron chi connectivity index (χ4n) is 0.989. The van der Waals surface area contributed by atoms with Crippen LogP contribution >= 0.6 is 39.1 Å². The number of hydrogen-bond acceptors (Lipinski definition) is 0. The number of alkyl halides is 4. The first-order chi connectivity index (χ1) is 6.38. The summed E-state index contributed by atoms with van der Waals surface area (Å²) in [5.41, 5.74) is -0.796. The average Bonchev–Trinajstić information content (AvgIpc) is 2.07. The molecule has 1 aromatic rings. The Labute approximate surface area is 97.1 Å². The molecule has 14 heavy (non-hydrogen) atoms. The molecule has 0 aliphatic carbocycles. The van der Waals surface area contributed by atoms with Crippen molar-refractivity contribution in [1.82, 2.24) is 0 Å². The summed E-state index contributed by atoms with van der Waals surface area (Å²) in [6.45, 7) is 0. The van der Waals surface area contributed by atoms with Crippen LogP contribution in [0.4, 0.5) is 13.2 Å². The van der Waals surface area contributed by atoms with Gasteiger partial charge in [-0.2, -0.15) is 13.2 Å². The molecule has 78 valence electrons. The van der Waals surface area contributed by atoms with Crippen molar-refractivity contribution >= 4 is 39.1 Å². The standard InChI is InChI=1S/C8H4BrCl2F3/c9-3-4-5(8(12,13)14)1-2-6(10)7(4)11/h1-2H,3H2. The molecule has 0 N–H and O–H groups in total. The quantitative estimate of drug-likeness (QED) is 0.647. The summed E-state index contributed by atoms with van der Waals surface area (Å²) < 4.78 is 37.3. The van der Waals surface area contributed by atoms with Gasteiger partial charge in [-0.25, -0.2) is 0 Å². The molecule has 0 bridgehead atoms. The molecular weight excluding hydrogens is 304 g/mol. The Hall–Kier alpha value is 0.0700. The zero-order valence-corrected chi connectivity index (χ0v) is 9.73. The van der Waals surface area contributed by atoms with Crippen LogP contribution in [0.5, 0.6) is 0 Å². The Kier molecular flexibility index (Phi) is 3.72. The van der Waals surface area contributed by atoms with Crippen molar-refractivity contribution in [1.29, 1.82) is 0 Å². The molecule has 0 radical (unpaired) electrons. The third kappa shape index (κ3) is 2.35. The SMILES string of the molecule is FC(F)(F)c1ccc(Cl)c(Cl)c1CBr. The summed E-state index contributed by atoms with van der Waals surface area (Å²) >= 11 is 14.2. The lowest BCUT2D eigenvalue weighted by Gasteiger charge is -2.13. The molecule has 0 heterocycles. The number of hydrogen-bond donors (Lipinski definition) is 0. The van der Waals surface area contributed by atoms with Gasteiger partial charge in [0.1, 0.15) is 0 Å². The normalized spacial score (nSPS) is 11.9. The molecule has 0 saturated carbocycles. The highest BCUT2D eigenvalue weighted by molar-refractivity contribution is 9.08. The lowest BCUT2D eigenvalue weighted by molar-refractivity contribution is -0.138. The fourth-order valence-corrected chi connectivity index (χ4v) is 2.14. The summed E-state index contributed by atoms with van der Waals surface area (Å²) in [7, 11) is 0. The zero-order valence-electron chi connectivity index (χ0n) is 6.63. The maximum absolute atomic E-state index is 12.4. The molecule has 1 aromatic carbocycles. The van der Waals surface area contributed by atoms with E-state index in [1.165, 1.54) is 0 Å². The van der Waals surface area contributed by atoms with E-state index in [1.54, 1.807) is 0 Å². The van der Waals surface area contributed by atoms with E-state index in [-0.39, 0.29) is 20.9 Å². The lowest BCUT2D eigenvalue weighted by atomic mass is 10.1. The molecule has 0 atom stereocenters. The molecule has 0 spiro atoms. The fraction of sp³-hybridized carbons (Fsp3) is 0.250. The number of halogens is 6. The summed E-state index contributed by atoms with van der Waals surface area (Å²) in [5, 5.41) is 0.0776. The molecule has 0 aromatic heterocycles. The van der Waals surface area contributed by atoms with Crippen LogP contribution in [0.25, 0.3) is 0 Å². The Morgan fingerprint density at radius 1 is 1.21 bits per heavy atom. The molecule has 0 aliphatic rings. The Morgan fingerprint density at radius 3 is 2.21 bits per heavy atom. The van der Waals surface area contributed by atoms with Gasteiger partial charge in [0, 0.05) is 5.33 Å². The molecule has 0 aliphatic heterocycles. The lowest BCUT2D eigenvalue weighted by Crippen LogP contribution is -2.08. The van der Waals surface area contributed by atoms with Gasteiger partial charge in [0.05, 0.1) is 15.6 Å². The first-order valence-corrected chi connectivity index (χ1v) is 5.35. The van der Waals surface area contributed by atoms with Gasteiger partial charge in [-0.1, -0.05) is 39.1 Å². The second-order valence-electron chi connectivity index (χ2n) is 2.52. The minimum absolute atomic E-state index is 0.0151. The van der Waals surface area contributed by atoms with Gasteiger partial charge < -0.3 is 0 Å². The first kappa shape index (κ1) is 12.1. The molecule has 0 nitrogen and oxygen atoms in total. The largest absolute Gasteiger partial charge is 0.416 e. The second kappa shape index (κ2) is 4.29. The topological polar surface area (TPSA) is 0 Å². The van der Waals surface area contributed by atoms with Crippen molar-refractivity contribution in [2.24, 2.45) is 0 Å². The predicted octanol–water partition coefficient (Wildman–Crippen LogP) is 4.91. The Balaban J connectivity index is 3.39. The molecule has 0 saturated heterocycles. The summed E-state index contributed by atoms with van der Waals surface area (Å²) in [6.07, 6.45) is -4.41. The third-order valence-electron chi connectivity index (χ3n) is 1.64. The van der Waals surface area contributed by atoms with Crippen LogP contribution in [0.2, 0.25) is 10.0 Å². The van der Waals surface area contributed by atoms with Crippen LogP contribution in [0.15, 0.2) is 12.1 Å². The molecular formula is C8H4BrCl2F3. The van der Waals surface area contributed by atoms with Crippen LogP contribution in [-0.2, 0) is 11.5 Å². The van der Waals surface area contributed by atoms with Crippen molar-refractivity contribution in [2.45, 2.75) is 11.5 Å². The van der Waals surface area contributed by atoms with Crippen molar-refractivity contribution in [3.05, 3.63) is 33.3 Å².